The van der Waals surface area contributed by atoms with Gasteiger partial charge in [0, 0.05) is 18.4 Å². The number of hydrogen-bond donors (Lipinski definition) is 0. The Morgan fingerprint density at radius 3 is 2.44 bits per heavy atom. The van der Waals surface area contributed by atoms with Crippen LogP contribution in [0.1, 0.15) is 18.4 Å². The zero-order chi connectivity index (χ0) is 13.2. The second-order valence-corrected chi connectivity index (χ2v) is 8.33. The predicted octanol–water partition coefficient (Wildman–Crippen LogP) is 2.62. The van der Waals surface area contributed by atoms with Gasteiger partial charge in [-0.05, 0) is 24.3 Å². The van der Waals surface area contributed by atoms with Gasteiger partial charge in [0.15, 0.2) is 0 Å². The van der Waals surface area contributed by atoms with Crippen LogP contribution < -0.4 is 0 Å². The molecule has 0 aromatic heterocycles. The van der Waals surface area contributed by atoms with E-state index in [1.54, 1.807) is 7.05 Å². The van der Waals surface area contributed by atoms with E-state index in [1.165, 1.54) is 4.31 Å². The molecule has 0 saturated heterocycles. The molecule has 0 aliphatic heterocycles. The Kier molecular flexibility index (Phi) is 4.45. The minimum Gasteiger partial charge on any atom is -0.212 e. The van der Waals surface area contributed by atoms with Crippen molar-refractivity contribution in [3.63, 3.8) is 0 Å². The van der Waals surface area contributed by atoms with Crippen LogP contribution in [-0.4, -0.2) is 31.1 Å². The summed E-state index contributed by atoms with van der Waals surface area (Å²) >= 11 is 3.53. The molecule has 0 bridgehead atoms. The third-order valence-electron chi connectivity index (χ3n) is 3.36. The van der Waals surface area contributed by atoms with E-state index in [1.807, 2.05) is 30.3 Å². The van der Waals surface area contributed by atoms with Gasteiger partial charge >= 0.3 is 0 Å². The average molecular weight is 332 g/mol. The summed E-state index contributed by atoms with van der Waals surface area (Å²) in [5.41, 5.74) is 0.844. The lowest BCUT2D eigenvalue weighted by Crippen LogP contribution is -2.38. The first kappa shape index (κ1) is 14.0. The first-order valence-corrected chi connectivity index (χ1v) is 8.62. The Morgan fingerprint density at radius 1 is 1.28 bits per heavy atom. The zero-order valence-corrected chi connectivity index (χ0v) is 12.8. The molecule has 1 saturated carbocycles. The summed E-state index contributed by atoms with van der Waals surface area (Å²) in [5.74, 6) is 0.597. The Balaban J connectivity index is 1.93. The quantitative estimate of drug-likeness (QED) is 0.778. The maximum atomic E-state index is 12.2. The van der Waals surface area contributed by atoms with Crippen molar-refractivity contribution in [3.8, 4) is 0 Å². The standard InChI is InChI=1S/C13H18BrNO2S/c1-15(9-12-7-13(14)8-12)18(16,17)10-11-5-3-2-4-6-11/h2-6,12-13H,7-10H2,1H3. The van der Waals surface area contributed by atoms with Gasteiger partial charge in [-0.15, -0.1) is 0 Å². The topological polar surface area (TPSA) is 37.4 Å². The maximum absolute atomic E-state index is 12.2. The van der Waals surface area contributed by atoms with Crippen molar-refractivity contribution in [2.45, 2.75) is 23.4 Å². The number of benzene rings is 1. The van der Waals surface area contributed by atoms with Crippen LogP contribution >= 0.6 is 15.9 Å². The molecular formula is C13H18BrNO2S. The fourth-order valence-electron chi connectivity index (χ4n) is 2.18. The molecule has 100 valence electrons. The molecule has 1 aromatic carbocycles. The molecular weight excluding hydrogens is 314 g/mol. The van der Waals surface area contributed by atoms with E-state index in [4.69, 9.17) is 0 Å². The van der Waals surface area contributed by atoms with Gasteiger partial charge < -0.3 is 0 Å². The van der Waals surface area contributed by atoms with E-state index < -0.39 is 10.0 Å². The van der Waals surface area contributed by atoms with Gasteiger partial charge in [0.1, 0.15) is 0 Å². The van der Waals surface area contributed by atoms with Gasteiger partial charge in [0.2, 0.25) is 10.0 Å². The molecule has 1 aromatic rings. The van der Waals surface area contributed by atoms with Gasteiger partial charge in [-0.2, -0.15) is 0 Å². The maximum Gasteiger partial charge on any atom is 0.218 e. The second-order valence-electron chi connectivity index (χ2n) is 4.96. The molecule has 0 spiro atoms. The van der Waals surface area contributed by atoms with Crippen molar-refractivity contribution in [2.75, 3.05) is 13.6 Å². The molecule has 18 heavy (non-hydrogen) atoms. The number of halogens is 1. The van der Waals surface area contributed by atoms with Crippen LogP contribution in [0.3, 0.4) is 0 Å². The molecule has 1 aliphatic rings. The van der Waals surface area contributed by atoms with Crippen LogP contribution in [0.25, 0.3) is 0 Å². The lowest BCUT2D eigenvalue weighted by atomic mass is 9.85. The van der Waals surface area contributed by atoms with Crippen LogP contribution in [0, 0.1) is 5.92 Å². The highest BCUT2D eigenvalue weighted by molar-refractivity contribution is 9.09. The molecule has 0 N–H and O–H groups in total. The summed E-state index contributed by atoms with van der Waals surface area (Å²) in [6.45, 7) is 0.636. The van der Waals surface area contributed by atoms with E-state index >= 15 is 0 Å². The van der Waals surface area contributed by atoms with E-state index in [2.05, 4.69) is 15.9 Å². The number of sulfonamides is 1. The Labute approximate surface area is 117 Å². The molecule has 0 heterocycles. The van der Waals surface area contributed by atoms with E-state index in [9.17, 15) is 8.42 Å². The smallest absolute Gasteiger partial charge is 0.212 e. The fraction of sp³-hybridized carbons (Fsp3) is 0.538. The Bertz CT molecular complexity index is 483. The van der Waals surface area contributed by atoms with Crippen LogP contribution in [0.2, 0.25) is 0 Å². The van der Waals surface area contributed by atoms with Gasteiger partial charge in [0.05, 0.1) is 5.75 Å². The summed E-state index contributed by atoms with van der Waals surface area (Å²) in [6.07, 6.45) is 2.15. The van der Waals surface area contributed by atoms with Crippen molar-refractivity contribution < 1.29 is 8.42 Å². The summed E-state index contributed by atoms with van der Waals surface area (Å²) in [7, 11) is -1.50. The molecule has 0 unspecified atom stereocenters. The van der Waals surface area contributed by atoms with E-state index in [-0.39, 0.29) is 5.75 Å². The van der Waals surface area contributed by atoms with Crippen molar-refractivity contribution in [3.05, 3.63) is 35.9 Å². The highest BCUT2D eigenvalue weighted by atomic mass is 79.9. The van der Waals surface area contributed by atoms with Gasteiger partial charge in [-0.3, -0.25) is 0 Å². The van der Waals surface area contributed by atoms with Crippen molar-refractivity contribution in [1.82, 2.24) is 4.31 Å². The molecule has 5 heteroatoms. The third-order valence-corrected chi connectivity index (χ3v) is 5.90. The highest BCUT2D eigenvalue weighted by Gasteiger charge is 2.30. The summed E-state index contributed by atoms with van der Waals surface area (Å²) in [6, 6.07) is 9.33. The van der Waals surface area contributed by atoms with Crippen molar-refractivity contribution in [2.24, 2.45) is 5.92 Å². The predicted molar refractivity (Wildman–Crippen MR) is 77.1 cm³/mol. The number of nitrogens with zero attached hydrogens (tertiary/aromatic N) is 1. The summed E-state index contributed by atoms with van der Waals surface area (Å²) < 4.78 is 25.8. The first-order valence-electron chi connectivity index (χ1n) is 6.09. The SMILES string of the molecule is CN(CC1CC(Br)C1)S(=O)(=O)Cc1ccccc1. The largest absolute Gasteiger partial charge is 0.218 e. The first-order chi connectivity index (χ1) is 8.47. The number of rotatable bonds is 5. The Morgan fingerprint density at radius 2 is 1.89 bits per heavy atom. The highest BCUT2D eigenvalue weighted by Crippen LogP contribution is 2.34. The molecule has 0 radical (unpaired) electrons. The van der Waals surface area contributed by atoms with E-state index in [0.29, 0.717) is 17.3 Å². The number of alkyl halides is 1. The molecule has 0 amide bonds. The average Bonchev–Trinajstić information content (AvgIpc) is 2.27. The second kappa shape index (κ2) is 5.72. The lowest BCUT2D eigenvalue weighted by molar-refractivity contribution is 0.275. The molecule has 1 fully saturated rings. The van der Waals surface area contributed by atoms with Crippen molar-refractivity contribution >= 4 is 26.0 Å². The monoisotopic (exact) mass is 331 g/mol. The van der Waals surface area contributed by atoms with E-state index in [0.717, 1.165) is 18.4 Å². The Hall–Kier alpha value is -0.390. The normalized spacial score (nSPS) is 23.9. The van der Waals surface area contributed by atoms with Gasteiger partial charge in [0.25, 0.3) is 0 Å². The molecule has 0 atom stereocenters. The minimum atomic E-state index is -3.18. The lowest BCUT2D eigenvalue weighted by Gasteiger charge is -2.34. The van der Waals surface area contributed by atoms with Crippen LogP contribution in [0.15, 0.2) is 30.3 Å². The number of hydrogen-bond acceptors (Lipinski definition) is 2. The van der Waals surface area contributed by atoms with Crippen molar-refractivity contribution in [1.29, 1.82) is 0 Å². The minimum absolute atomic E-state index is 0.0921. The molecule has 3 nitrogen and oxygen atoms in total. The molecule has 2 rings (SSSR count). The van der Waals surface area contributed by atoms with Crippen LogP contribution in [0.4, 0.5) is 0 Å². The summed E-state index contributed by atoms with van der Waals surface area (Å²) in [5, 5.41) is 0. The van der Waals surface area contributed by atoms with Gasteiger partial charge in [-0.1, -0.05) is 46.3 Å². The van der Waals surface area contributed by atoms with Crippen LogP contribution in [0.5, 0.6) is 0 Å². The van der Waals surface area contributed by atoms with Crippen LogP contribution in [-0.2, 0) is 15.8 Å². The third kappa shape index (κ3) is 3.56. The van der Waals surface area contributed by atoms with Gasteiger partial charge in [-0.25, -0.2) is 12.7 Å². The fourth-order valence-corrected chi connectivity index (χ4v) is 4.50. The molecule has 1 aliphatic carbocycles. The zero-order valence-electron chi connectivity index (χ0n) is 10.4. The summed E-state index contributed by atoms with van der Waals surface area (Å²) in [4.78, 5) is 0.577.